The van der Waals surface area contributed by atoms with Crippen LogP contribution in [-0.2, 0) is 0 Å². The van der Waals surface area contributed by atoms with Gasteiger partial charge in [-0.15, -0.1) is 11.3 Å². The van der Waals surface area contributed by atoms with Gasteiger partial charge in [0.25, 0.3) is 5.91 Å². The van der Waals surface area contributed by atoms with E-state index in [0.29, 0.717) is 16.6 Å². The molecule has 0 spiro atoms. The second-order valence-electron chi connectivity index (χ2n) is 5.19. The number of hydrogen-bond donors (Lipinski definition) is 3. The monoisotopic (exact) mass is 312 g/mol. The fourth-order valence-corrected chi connectivity index (χ4v) is 3.28. The molecule has 1 aromatic heterocycles. The Kier molecular flexibility index (Phi) is 7.53. The van der Waals surface area contributed by atoms with Crippen LogP contribution in [0.2, 0.25) is 0 Å². The quantitative estimate of drug-likeness (QED) is 0.655. The molecular weight excluding hydrogens is 284 g/mol. The van der Waals surface area contributed by atoms with Gasteiger partial charge in [0, 0.05) is 13.1 Å². The molecule has 1 amide bonds. The summed E-state index contributed by atoms with van der Waals surface area (Å²) in [5, 5.41) is 7.00. The Morgan fingerprint density at radius 3 is 2.67 bits per heavy atom. The van der Waals surface area contributed by atoms with Crippen molar-refractivity contribution in [3.05, 3.63) is 10.9 Å². The highest BCUT2D eigenvalue weighted by Crippen LogP contribution is 2.29. The molecule has 4 N–H and O–H groups in total. The molecule has 21 heavy (non-hydrogen) atoms. The second kappa shape index (κ2) is 8.89. The van der Waals surface area contributed by atoms with Crippen molar-refractivity contribution in [3.8, 4) is 0 Å². The smallest absolute Gasteiger partial charge is 0.263 e. The lowest BCUT2D eigenvalue weighted by molar-refractivity contribution is 0.0968. The van der Waals surface area contributed by atoms with Crippen LogP contribution in [0.15, 0.2) is 6.07 Å². The summed E-state index contributed by atoms with van der Waals surface area (Å²) in [7, 11) is 1.62. The minimum absolute atomic E-state index is 0.125. The second-order valence-corrected chi connectivity index (χ2v) is 6.24. The lowest BCUT2D eigenvalue weighted by Gasteiger charge is -2.19. The Labute approximate surface area is 131 Å². The third-order valence-corrected chi connectivity index (χ3v) is 4.67. The number of rotatable bonds is 9. The van der Waals surface area contributed by atoms with Gasteiger partial charge in [0.15, 0.2) is 0 Å². The number of nitrogens with two attached hydrogens (primary N) is 1. The summed E-state index contributed by atoms with van der Waals surface area (Å²) < 4.78 is 0. The standard InChI is InChI=1S/C15H28N4OS/c1-5-19(6-2)9-7-8-11(3)18-13-10-12(16)14(21-13)15(20)17-4/h10-11,18H,5-9,16H2,1-4H3,(H,17,20). The van der Waals surface area contributed by atoms with Gasteiger partial charge in [0.05, 0.1) is 10.7 Å². The van der Waals surface area contributed by atoms with E-state index in [1.54, 1.807) is 7.05 Å². The van der Waals surface area contributed by atoms with Crippen molar-refractivity contribution >= 4 is 27.9 Å². The van der Waals surface area contributed by atoms with E-state index >= 15 is 0 Å². The Morgan fingerprint density at radius 1 is 1.43 bits per heavy atom. The maximum absolute atomic E-state index is 11.6. The lowest BCUT2D eigenvalue weighted by atomic mass is 10.2. The third kappa shape index (κ3) is 5.55. The molecule has 6 heteroatoms. The number of anilines is 2. The zero-order chi connectivity index (χ0) is 15.8. The van der Waals surface area contributed by atoms with Crippen LogP contribution in [0.25, 0.3) is 0 Å². The Morgan fingerprint density at radius 2 is 2.10 bits per heavy atom. The fraction of sp³-hybridized carbons (Fsp3) is 0.667. The van der Waals surface area contributed by atoms with Gasteiger partial charge in [0.1, 0.15) is 4.88 Å². The molecule has 0 aliphatic heterocycles. The van der Waals surface area contributed by atoms with Crippen LogP contribution < -0.4 is 16.4 Å². The van der Waals surface area contributed by atoms with E-state index < -0.39 is 0 Å². The van der Waals surface area contributed by atoms with Crippen LogP contribution >= 0.6 is 11.3 Å². The van der Waals surface area contributed by atoms with Crippen molar-refractivity contribution in [2.45, 2.75) is 39.7 Å². The van der Waals surface area contributed by atoms with E-state index in [9.17, 15) is 4.79 Å². The van der Waals surface area contributed by atoms with Gasteiger partial charge in [0.2, 0.25) is 0 Å². The van der Waals surface area contributed by atoms with E-state index in [1.165, 1.54) is 17.8 Å². The van der Waals surface area contributed by atoms with Crippen LogP contribution in [0.1, 0.15) is 43.3 Å². The number of amides is 1. The molecule has 120 valence electrons. The van der Waals surface area contributed by atoms with E-state index in [1.807, 2.05) is 6.07 Å². The van der Waals surface area contributed by atoms with E-state index in [-0.39, 0.29) is 5.91 Å². The predicted octanol–water partition coefficient (Wildman–Crippen LogP) is 2.61. The molecule has 0 bridgehead atoms. The Hall–Kier alpha value is -1.27. The van der Waals surface area contributed by atoms with Gasteiger partial charge >= 0.3 is 0 Å². The number of thiophene rings is 1. The van der Waals surface area contributed by atoms with E-state index in [4.69, 9.17) is 5.73 Å². The highest BCUT2D eigenvalue weighted by molar-refractivity contribution is 7.18. The van der Waals surface area contributed by atoms with Gasteiger partial charge in [-0.25, -0.2) is 0 Å². The highest BCUT2D eigenvalue weighted by Gasteiger charge is 2.14. The molecule has 1 rings (SSSR count). The zero-order valence-electron chi connectivity index (χ0n) is 13.5. The van der Waals surface area contributed by atoms with Crippen LogP contribution in [0.3, 0.4) is 0 Å². The molecule has 1 unspecified atom stereocenters. The molecule has 0 aliphatic rings. The van der Waals surface area contributed by atoms with Crippen molar-refractivity contribution < 1.29 is 4.79 Å². The molecule has 0 saturated carbocycles. The number of nitrogens with zero attached hydrogens (tertiary/aromatic N) is 1. The first-order valence-electron chi connectivity index (χ1n) is 7.62. The van der Waals surface area contributed by atoms with Crippen molar-refractivity contribution in [3.63, 3.8) is 0 Å². The summed E-state index contributed by atoms with van der Waals surface area (Å²) in [6.45, 7) is 9.90. The number of nitrogens with one attached hydrogen (secondary N) is 2. The summed E-state index contributed by atoms with van der Waals surface area (Å²) in [6, 6.07) is 2.21. The molecular formula is C15H28N4OS. The fourth-order valence-electron chi connectivity index (χ4n) is 2.24. The van der Waals surface area contributed by atoms with Gasteiger partial charge < -0.3 is 21.3 Å². The first-order chi connectivity index (χ1) is 10.0. The molecule has 5 nitrogen and oxygen atoms in total. The topological polar surface area (TPSA) is 70.4 Å². The van der Waals surface area contributed by atoms with Gasteiger partial charge in [-0.3, -0.25) is 4.79 Å². The number of nitrogen functional groups attached to an aromatic ring is 1. The molecule has 0 aromatic carbocycles. The van der Waals surface area contributed by atoms with Gasteiger partial charge in [-0.1, -0.05) is 13.8 Å². The minimum atomic E-state index is -0.125. The molecule has 0 fully saturated rings. The first kappa shape index (κ1) is 17.8. The summed E-state index contributed by atoms with van der Waals surface area (Å²) in [5.74, 6) is -0.125. The van der Waals surface area contributed by atoms with E-state index in [0.717, 1.165) is 31.1 Å². The van der Waals surface area contributed by atoms with Gasteiger partial charge in [-0.2, -0.15) is 0 Å². The van der Waals surface area contributed by atoms with E-state index in [2.05, 4.69) is 36.3 Å². The number of carbonyl (C=O) groups excluding carboxylic acids is 1. The Bertz CT molecular complexity index is 443. The molecule has 1 heterocycles. The average Bonchev–Trinajstić information content (AvgIpc) is 2.83. The van der Waals surface area contributed by atoms with Crippen LogP contribution in [0.5, 0.6) is 0 Å². The average molecular weight is 312 g/mol. The normalized spacial score (nSPS) is 12.4. The Balaban J connectivity index is 2.44. The number of hydrogen-bond acceptors (Lipinski definition) is 5. The summed E-state index contributed by atoms with van der Waals surface area (Å²) >= 11 is 1.41. The van der Waals surface area contributed by atoms with Crippen molar-refractivity contribution in [1.29, 1.82) is 0 Å². The van der Waals surface area contributed by atoms with Crippen molar-refractivity contribution in [1.82, 2.24) is 10.2 Å². The third-order valence-electron chi connectivity index (χ3n) is 3.59. The summed E-state index contributed by atoms with van der Waals surface area (Å²) in [6.07, 6.45) is 2.27. The largest absolute Gasteiger partial charge is 0.397 e. The maximum atomic E-state index is 11.6. The SMILES string of the molecule is CCN(CC)CCCC(C)Nc1cc(N)c(C(=O)NC)s1. The van der Waals surface area contributed by atoms with Crippen molar-refractivity contribution in [2.75, 3.05) is 37.7 Å². The first-order valence-corrected chi connectivity index (χ1v) is 8.43. The molecule has 1 aromatic rings. The summed E-state index contributed by atoms with van der Waals surface area (Å²) in [4.78, 5) is 14.6. The molecule has 0 saturated heterocycles. The lowest BCUT2D eigenvalue weighted by Crippen LogP contribution is -2.25. The molecule has 0 aliphatic carbocycles. The van der Waals surface area contributed by atoms with Gasteiger partial charge in [-0.05, 0) is 45.5 Å². The van der Waals surface area contributed by atoms with Crippen LogP contribution in [-0.4, -0.2) is 43.5 Å². The van der Waals surface area contributed by atoms with Crippen molar-refractivity contribution in [2.24, 2.45) is 0 Å². The molecule has 0 radical (unpaired) electrons. The summed E-state index contributed by atoms with van der Waals surface area (Å²) in [5.41, 5.74) is 6.41. The highest BCUT2D eigenvalue weighted by atomic mass is 32.1. The van der Waals surface area contributed by atoms with Crippen LogP contribution in [0, 0.1) is 0 Å². The zero-order valence-corrected chi connectivity index (χ0v) is 14.3. The number of carbonyl (C=O) groups is 1. The predicted molar refractivity (Wildman–Crippen MR) is 92.2 cm³/mol. The molecule has 1 atom stereocenters. The van der Waals surface area contributed by atoms with Crippen LogP contribution in [0.4, 0.5) is 10.7 Å². The minimum Gasteiger partial charge on any atom is -0.397 e. The maximum Gasteiger partial charge on any atom is 0.263 e.